The summed E-state index contributed by atoms with van der Waals surface area (Å²) in [4.78, 5) is 4.65. The first-order valence-electron chi connectivity index (χ1n) is 9.61. The molecule has 0 saturated carbocycles. The number of benzene rings is 3. The Morgan fingerprint density at radius 1 is 0.900 bits per heavy atom. The normalized spacial score (nSPS) is 12.7. The maximum absolute atomic E-state index is 13.5. The number of ether oxygens (including phenoxy) is 2. The number of nitrogens with zero attached hydrogens (tertiary/aromatic N) is 3. The fourth-order valence-electron chi connectivity index (χ4n) is 3.87. The van der Waals surface area contributed by atoms with Crippen molar-refractivity contribution < 1.29 is 13.9 Å². The van der Waals surface area contributed by atoms with E-state index in [0.717, 1.165) is 38.8 Å². The second kappa shape index (κ2) is 6.29. The molecule has 30 heavy (non-hydrogen) atoms. The molecule has 0 radical (unpaired) electrons. The number of halogens is 1. The van der Waals surface area contributed by atoms with Crippen LogP contribution in [-0.4, -0.2) is 21.6 Å². The lowest BCUT2D eigenvalue weighted by Gasteiger charge is -2.07. The Kier molecular flexibility index (Phi) is 3.56. The van der Waals surface area contributed by atoms with Crippen molar-refractivity contribution in [2.45, 2.75) is 6.92 Å². The van der Waals surface area contributed by atoms with Gasteiger partial charge in [0.15, 0.2) is 11.5 Å². The van der Waals surface area contributed by atoms with Crippen LogP contribution in [0.1, 0.15) is 5.56 Å². The molecule has 146 valence electrons. The first-order chi connectivity index (χ1) is 14.7. The summed E-state index contributed by atoms with van der Waals surface area (Å²) in [6, 6.07) is 18.4. The fourth-order valence-corrected chi connectivity index (χ4v) is 3.87. The second-order valence-electron chi connectivity index (χ2n) is 7.35. The highest BCUT2D eigenvalue weighted by atomic mass is 19.1. The summed E-state index contributed by atoms with van der Waals surface area (Å²) in [5, 5.41) is 6.71. The van der Waals surface area contributed by atoms with Crippen LogP contribution in [0.4, 0.5) is 4.39 Å². The van der Waals surface area contributed by atoms with E-state index in [1.807, 2.05) is 35.1 Å². The summed E-state index contributed by atoms with van der Waals surface area (Å²) in [5.74, 6) is 1.10. The molecule has 0 spiro atoms. The maximum Gasteiger partial charge on any atom is 0.231 e. The number of fused-ring (bicyclic) bond motifs is 4. The van der Waals surface area contributed by atoms with Gasteiger partial charge in [-0.1, -0.05) is 17.7 Å². The molecule has 1 aliphatic heterocycles. The first-order valence-corrected chi connectivity index (χ1v) is 9.61. The Labute approximate surface area is 171 Å². The zero-order valence-electron chi connectivity index (χ0n) is 16.1. The molecular formula is C24H16FN3O2. The molecule has 6 rings (SSSR count). The van der Waals surface area contributed by atoms with Crippen molar-refractivity contribution in [2.75, 3.05) is 6.79 Å². The second-order valence-corrected chi connectivity index (χ2v) is 7.35. The molecule has 2 aromatic heterocycles. The van der Waals surface area contributed by atoms with E-state index in [9.17, 15) is 4.39 Å². The highest BCUT2D eigenvalue weighted by Gasteiger charge is 2.21. The average molecular weight is 397 g/mol. The molecule has 3 aromatic carbocycles. The van der Waals surface area contributed by atoms with E-state index < -0.39 is 0 Å². The number of pyridine rings is 1. The average Bonchev–Trinajstić information content (AvgIpc) is 3.37. The highest BCUT2D eigenvalue weighted by molar-refractivity contribution is 6.09. The molecule has 6 heteroatoms. The summed E-state index contributed by atoms with van der Waals surface area (Å²) in [7, 11) is 0. The fraction of sp³-hybridized carbons (Fsp3) is 0.0833. The van der Waals surface area contributed by atoms with Gasteiger partial charge in [-0.05, 0) is 49.4 Å². The van der Waals surface area contributed by atoms with Gasteiger partial charge < -0.3 is 9.47 Å². The third-order valence-electron chi connectivity index (χ3n) is 5.40. The minimum atomic E-state index is -0.280. The van der Waals surface area contributed by atoms with Gasteiger partial charge in [-0.15, -0.1) is 0 Å². The lowest BCUT2D eigenvalue weighted by atomic mass is 10.1. The van der Waals surface area contributed by atoms with Crippen LogP contribution in [0.2, 0.25) is 0 Å². The van der Waals surface area contributed by atoms with Crippen LogP contribution in [0, 0.1) is 12.7 Å². The molecule has 0 atom stereocenters. The summed E-state index contributed by atoms with van der Waals surface area (Å²) in [6.07, 6.45) is 1.82. The van der Waals surface area contributed by atoms with Gasteiger partial charge in [-0.2, -0.15) is 5.10 Å². The van der Waals surface area contributed by atoms with Crippen LogP contribution in [0.3, 0.4) is 0 Å². The number of aromatic nitrogens is 3. The molecule has 0 saturated heterocycles. The quantitative estimate of drug-likeness (QED) is 0.399. The Hall–Kier alpha value is -3.93. The third-order valence-corrected chi connectivity index (χ3v) is 5.40. The Morgan fingerprint density at radius 2 is 1.63 bits per heavy atom. The molecule has 5 aromatic rings. The zero-order valence-corrected chi connectivity index (χ0v) is 16.1. The van der Waals surface area contributed by atoms with E-state index in [-0.39, 0.29) is 12.6 Å². The predicted molar refractivity (Wildman–Crippen MR) is 113 cm³/mol. The molecule has 3 heterocycles. The van der Waals surface area contributed by atoms with E-state index >= 15 is 0 Å². The number of rotatable bonds is 2. The van der Waals surface area contributed by atoms with Crippen LogP contribution in [0.25, 0.3) is 38.8 Å². The minimum Gasteiger partial charge on any atom is -0.454 e. The van der Waals surface area contributed by atoms with Crippen LogP contribution >= 0.6 is 0 Å². The Morgan fingerprint density at radius 3 is 2.40 bits per heavy atom. The standard InChI is InChI=1S/C24H16FN3O2/c1-14-2-8-17(9-3-14)28-24-18-10-21-22(30-13-29-21)11-20(18)26-12-19(24)23(27-28)15-4-6-16(25)7-5-15/h2-12H,13H2,1H3. The molecule has 0 N–H and O–H groups in total. The van der Waals surface area contributed by atoms with E-state index in [2.05, 4.69) is 24.0 Å². The van der Waals surface area contributed by atoms with Gasteiger partial charge in [0, 0.05) is 28.6 Å². The van der Waals surface area contributed by atoms with Crippen molar-refractivity contribution >= 4 is 21.8 Å². The molecule has 0 unspecified atom stereocenters. The van der Waals surface area contributed by atoms with E-state index in [1.165, 1.54) is 17.7 Å². The number of hydrogen-bond acceptors (Lipinski definition) is 4. The summed E-state index contributed by atoms with van der Waals surface area (Å²) >= 11 is 0. The van der Waals surface area contributed by atoms with Gasteiger partial charge in [0.05, 0.1) is 16.7 Å². The van der Waals surface area contributed by atoms with Crippen LogP contribution in [0.5, 0.6) is 11.5 Å². The lowest BCUT2D eigenvalue weighted by Crippen LogP contribution is -1.97. The maximum atomic E-state index is 13.5. The monoisotopic (exact) mass is 397 g/mol. The van der Waals surface area contributed by atoms with Crippen molar-refractivity contribution in [3.63, 3.8) is 0 Å². The largest absolute Gasteiger partial charge is 0.454 e. The van der Waals surface area contributed by atoms with Gasteiger partial charge in [0.2, 0.25) is 6.79 Å². The Bertz CT molecular complexity index is 1420. The van der Waals surface area contributed by atoms with Crippen molar-refractivity contribution in [1.82, 2.24) is 14.8 Å². The van der Waals surface area contributed by atoms with Gasteiger partial charge in [-0.25, -0.2) is 9.07 Å². The SMILES string of the molecule is Cc1ccc(-n2nc(-c3ccc(F)cc3)c3cnc4cc5c(cc4c32)OCO5)cc1. The van der Waals surface area contributed by atoms with Gasteiger partial charge in [-0.3, -0.25) is 4.98 Å². The van der Waals surface area contributed by atoms with Gasteiger partial charge in [0.25, 0.3) is 0 Å². The summed E-state index contributed by atoms with van der Waals surface area (Å²) in [5.41, 5.74) is 5.40. The van der Waals surface area contributed by atoms with E-state index in [0.29, 0.717) is 11.5 Å². The number of aryl methyl sites for hydroxylation is 1. The lowest BCUT2D eigenvalue weighted by molar-refractivity contribution is 0.174. The molecule has 0 amide bonds. The zero-order chi connectivity index (χ0) is 20.2. The third kappa shape index (κ3) is 2.54. The molecule has 0 fully saturated rings. The minimum absolute atomic E-state index is 0.201. The van der Waals surface area contributed by atoms with Crippen molar-refractivity contribution in [3.05, 3.63) is 78.2 Å². The van der Waals surface area contributed by atoms with E-state index in [1.54, 1.807) is 12.1 Å². The topological polar surface area (TPSA) is 49.2 Å². The van der Waals surface area contributed by atoms with Crippen molar-refractivity contribution in [2.24, 2.45) is 0 Å². The van der Waals surface area contributed by atoms with Gasteiger partial charge >= 0.3 is 0 Å². The molecular weight excluding hydrogens is 381 g/mol. The van der Waals surface area contributed by atoms with Crippen molar-refractivity contribution in [3.8, 4) is 28.4 Å². The van der Waals surface area contributed by atoms with Crippen LogP contribution in [-0.2, 0) is 0 Å². The molecule has 0 bridgehead atoms. The van der Waals surface area contributed by atoms with Crippen LogP contribution < -0.4 is 9.47 Å². The van der Waals surface area contributed by atoms with E-state index in [4.69, 9.17) is 14.6 Å². The van der Waals surface area contributed by atoms with Crippen molar-refractivity contribution in [1.29, 1.82) is 0 Å². The summed E-state index contributed by atoms with van der Waals surface area (Å²) < 4.78 is 26.5. The first kappa shape index (κ1) is 17.0. The van der Waals surface area contributed by atoms with Gasteiger partial charge in [0.1, 0.15) is 11.5 Å². The highest BCUT2D eigenvalue weighted by Crippen LogP contribution is 2.40. The molecule has 0 aliphatic carbocycles. The number of hydrogen-bond donors (Lipinski definition) is 0. The summed E-state index contributed by atoms with van der Waals surface area (Å²) in [6.45, 7) is 2.25. The van der Waals surface area contributed by atoms with Crippen LogP contribution in [0.15, 0.2) is 66.9 Å². The Balaban J connectivity index is 1.71. The molecule has 5 nitrogen and oxygen atoms in total. The smallest absolute Gasteiger partial charge is 0.231 e. The molecule has 1 aliphatic rings. The predicted octanol–water partition coefficient (Wildman–Crippen LogP) is 5.42.